The van der Waals surface area contributed by atoms with Crippen LogP contribution < -0.4 is 0 Å². The summed E-state index contributed by atoms with van der Waals surface area (Å²) in [4.78, 5) is 15.3. The Kier molecular flexibility index (Phi) is 3.96. The molecule has 0 spiro atoms. The molecule has 0 bridgehead atoms. The number of carbonyl (C=O) groups is 1. The van der Waals surface area contributed by atoms with Crippen LogP contribution in [0.3, 0.4) is 0 Å². The first-order chi connectivity index (χ1) is 9.96. The zero-order valence-electron chi connectivity index (χ0n) is 11.5. The summed E-state index contributed by atoms with van der Waals surface area (Å²) in [5.41, 5.74) is 1.18. The largest absolute Gasteiger partial charge is 0.406 e. The van der Waals surface area contributed by atoms with Crippen molar-refractivity contribution in [1.29, 1.82) is 0 Å². The number of likely N-dealkylation sites (tertiary alicyclic amines) is 2. The summed E-state index contributed by atoms with van der Waals surface area (Å²) in [5.74, 6) is -0.366. The highest BCUT2D eigenvalue weighted by Crippen LogP contribution is 2.37. The minimum absolute atomic E-state index is 0.177. The molecule has 2 saturated heterocycles. The summed E-state index contributed by atoms with van der Waals surface area (Å²) in [6, 6.07) is 1.83. The standard InChI is InChI=1S/C14H17F3N2OS/c15-14(16,17)9-18-6-3-12(13(18)20)19-5-1-2-11(19)10-4-7-21-8-10/h4,7-8,11-12H,1-3,5-6,9H2/t11-,12-/m0/s1. The monoisotopic (exact) mass is 318 g/mol. The van der Waals surface area contributed by atoms with E-state index in [9.17, 15) is 18.0 Å². The minimum Gasteiger partial charge on any atom is -0.332 e. The Bertz CT molecular complexity index is 503. The number of halogens is 3. The van der Waals surface area contributed by atoms with Crippen molar-refractivity contribution in [3.63, 3.8) is 0 Å². The normalized spacial score (nSPS) is 27.8. The van der Waals surface area contributed by atoms with E-state index in [1.807, 2.05) is 11.4 Å². The highest BCUT2D eigenvalue weighted by molar-refractivity contribution is 7.07. The van der Waals surface area contributed by atoms with Gasteiger partial charge in [0.25, 0.3) is 0 Å². The molecule has 0 aromatic carbocycles. The smallest absolute Gasteiger partial charge is 0.332 e. The lowest BCUT2D eigenvalue weighted by atomic mass is 10.1. The van der Waals surface area contributed by atoms with Crippen molar-refractivity contribution in [1.82, 2.24) is 9.80 Å². The number of rotatable bonds is 3. The summed E-state index contributed by atoms with van der Waals surface area (Å²) in [6.45, 7) is -0.133. The average molecular weight is 318 g/mol. The van der Waals surface area contributed by atoms with Gasteiger partial charge in [0, 0.05) is 12.6 Å². The first-order valence-electron chi connectivity index (χ1n) is 7.09. The van der Waals surface area contributed by atoms with Crippen molar-refractivity contribution in [2.75, 3.05) is 19.6 Å². The van der Waals surface area contributed by atoms with Crippen molar-refractivity contribution >= 4 is 17.2 Å². The number of thiophene rings is 1. The van der Waals surface area contributed by atoms with Crippen molar-refractivity contribution in [3.8, 4) is 0 Å². The van der Waals surface area contributed by atoms with Crippen LogP contribution in [0.4, 0.5) is 13.2 Å². The Labute approximate surface area is 125 Å². The number of amides is 1. The molecule has 3 rings (SSSR count). The fourth-order valence-corrected chi connectivity index (χ4v) is 4.10. The summed E-state index contributed by atoms with van der Waals surface area (Å²) in [6.07, 6.45) is -1.86. The van der Waals surface area contributed by atoms with Crippen molar-refractivity contribution in [2.45, 2.75) is 37.5 Å². The Hall–Kier alpha value is -1.08. The fourth-order valence-electron chi connectivity index (χ4n) is 3.39. The van der Waals surface area contributed by atoms with Crippen LogP contribution in [0.5, 0.6) is 0 Å². The van der Waals surface area contributed by atoms with Crippen LogP contribution in [-0.2, 0) is 4.79 Å². The highest BCUT2D eigenvalue weighted by atomic mass is 32.1. The van der Waals surface area contributed by atoms with E-state index in [2.05, 4.69) is 10.3 Å². The molecule has 3 nitrogen and oxygen atoms in total. The number of alkyl halides is 3. The molecule has 116 valence electrons. The number of hydrogen-bond donors (Lipinski definition) is 0. The van der Waals surface area contributed by atoms with Crippen molar-refractivity contribution < 1.29 is 18.0 Å². The molecule has 2 fully saturated rings. The molecule has 0 unspecified atom stereocenters. The van der Waals surface area contributed by atoms with Gasteiger partial charge in [-0.15, -0.1) is 0 Å². The molecule has 2 atom stereocenters. The third kappa shape index (κ3) is 3.08. The number of carbonyl (C=O) groups excluding carboxylic acids is 1. The lowest BCUT2D eigenvalue weighted by molar-refractivity contribution is -0.159. The van der Waals surface area contributed by atoms with Crippen LogP contribution >= 0.6 is 11.3 Å². The van der Waals surface area contributed by atoms with Crippen LogP contribution in [0.15, 0.2) is 16.8 Å². The van der Waals surface area contributed by atoms with Gasteiger partial charge in [-0.05, 0) is 48.2 Å². The second-order valence-corrected chi connectivity index (χ2v) is 6.41. The second-order valence-electron chi connectivity index (χ2n) is 5.63. The zero-order chi connectivity index (χ0) is 15.0. The Morgan fingerprint density at radius 2 is 2.05 bits per heavy atom. The van der Waals surface area contributed by atoms with Gasteiger partial charge in [-0.1, -0.05) is 0 Å². The van der Waals surface area contributed by atoms with E-state index in [-0.39, 0.29) is 24.5 Å². The van der Waals surface area contributed by atoms with Gasteiger partial charge in [0.15, 0.2) is 0 Å². The van der Waals surface area contributed by atoms with E-state index in [0.717, 1.165) is 24.3 Å². The summed E-state index contributed by atoms with van der Waals surface area (Å²) in [7, 11) is 0. The van der Waals surface area contributed by atoms with Gasteiger partial charge in [-0.25, -0.2) is 0 Å². The first kappa shape index (κ1) is 14.8. The number of hydrogen-bond acceptors (Lipinski definition) is 3. The molecule has 0 radical (unpaired) electrons. The number of nitrogens with zero attached hydrogens (tertiary/aromatic N) is 2. The molecule has 0 saturated carbocycles. The van der Waals surface area contributed by atoms with E-state index >= 15 is 0 Å². The molecule has 2 aliphatic heterocycles. The lowest BCUT2D eigenvalue weighted by Gasteiger charge is -2.29. The Balaban J connectivity index is 1.71. The maximum Gasteiger partial charge on any atom is 0.406 e. The van der Waals surface area contributed by atoms with E-state index in [1.54, 1.807) is 11.3 Å². The van der Waals surface area contributed by atoms with Crippen LogP contribution in [0, 0.1) is 0 Å². The average Bonchev–Trinajstić information content (AvgIpc) is 3.09. The van der Waals surface area contributed by atoms with Gasteiger partial charge in [-0.3, -0.25) is 9.69 Å². The molecule has 0 N–H and O–H groups in total. The Morgan fingerprint density at radius 1 is 1.24 bits per heavy atom. The van der Waals surface area contributed by atoms with Crippen LogP contribution in [-0.4, -0.2) is 47.6 Å². The molecular formula is C14H17F3N2OS. The van der Waals surface area contributed by atoms with Crippen LogP contribution in [0.1, 0.15) is 30.9 Å². The van der Waals surface area contributed by atoms with Gasteiger partial charge in [0.05, 0.1) is 6.04 Å². The molecule has 1 aromatic heterocycles. The van der Waals surface area contributed by atoms with Gasteiger partial charge in [0.2, 0.25) is 5.91 Å². The molecular weight excluding hydrogens is 301 g/mol. The van der Waals surface area contributed by atoms with Crippen molar-refractivity contribution in [3.05, 3.63) is 22.4 Å². The quantitative estimate of drug-likeness (QED) is 0.855. The predicted octanol–water partition coefficient (Wildman–Crippen LogP) is 3.05. The zero-order valence-corrected chi connectivity index (χ0v) is 12.3. The van der Waals surface area contributed by atoms with E-state index in [4.69, 9.17) is 0 Å². The van der Waals surface area contributed by atoms with Gasteiger partial charge in [-0.2, -0.15) is 24.5 Å². The predicted molar refractivity (Wildman–Crippen MR) is 74.0 cm³/mol. The lowest BCUT2D eigenvalue weighted by Crippen LogP contribution is -2.43. The highest BCUT2D eigenvalue weighted by Gasteiger charge is 2.44. The molecule has 2 aliphatic rings. The SMILES string of the molecule is O=C1[C@@H](N2CCC[C@H]2c2ccsc2)CCN1CC(F)(F)F. The molecule has 3 heterocycles. The third-order valence-electron chi connectivity index (χ3n) is 4.26. The second kappa shape index (κ2) is 5.61. The van der Waals surface area contributed by atoms with Crippen LogP contribution in [0.2, 0.25) is 0 Å². The summed E-state index contributed by atoms with van der Waals surface area (Å²) >= 11 is 1.61. The maximum atomic E-state index is 12.5. The van der Waals surface area contributed by atoms with E-state index in [0.29, 0.717) is 6.42 Å². The van der Waals surface area contributed by atoms with E-state index in [1.165, 1.54) is 5.56 Å². The minimum atomic E-state index is -4.32. The molecule has 1 amide bonds. The topological polar surface area (TPSA) is 23.6 Å². The molecule has 1 aromatic rings. The first-order valence-corrected chi connectivity index (χ1v) is 8.03. The van der Waals surface area contributed by atoms with Crippen molar-refractivity contribution in [2.24, 2.45) is 0 Å². The fraction of sp³-hybridized carbons (Fsp3) is 0.643. The summed E-state index contributed by atoms with van der Waals surface area (Å²) in [5, 5.41) is 4.06. The maximum absolute atomic E-state index is 12.5. The summed E-state index contributed by atoms with van der Waals surface area (Å²) < 4.78 is 37.4. The van der Waals surface area contributed by atoms with Gasteiger partial charge >= 0.3 is 6.18 Å². The van der Waals surface area contributed by atoms with Gasteiger partial charge < -0.3 is 4.90 Å². The molecule has 21 heavy (non-hydrogen) atoms. The molecule has 0 aliphatic carbocycles. The van der Waals surface area contributed by atoms with E-state index < -0.39 is 12.7 Å². The molecule has 7 heteroatoms. The third-order valence-corrected chi connectivity index (χ3v) is 4.96. The van der Waals surface area contributed by atoms with Crippen LogP contribution in [0.25, 0.3) is 0 Å². The Morgan fingerprint density at radius 3 is 2.71 bits per heavy atom. The van der Waals surface area contributed by atoms with Gasteiger partial charge in [0.1, 0.15) is 6.54 Å².